The lowest BCUT2D eigenvalue weighted by molar-refractivity contribution is 0.474. The lowest BCUT2D eigenvalue weighted by atomic mass is 10.2. The average Bonchev–Trinajstić information content (AvgIpc) is 3.70. The van der Waals surface area contributed by atoms with Crippen molar-refractivity contribution in [2.75, 3.05) is 10.9 Å². The summed E-state index contributed by atoms with van der Waals surface area (Å²) >= 11 is 0. The Morgan fingerprint density at radius 3 is 1.12 bits per heavy atom. The van der Waals surface area contributed by atoms with Gasteiger partial charge in [-0.3, -0.25) is 0 Å². The van der Waals surface area contributed by atoms with Gasteiger partial charge < -0.3 is 20.4 Å². The first-order valence-corrected chi connectivity index (χ1v) is 15.1. The summed E-state index contributed by atoms with van der Waals surface area (Å²) in [6.45, 7) is 0. The molecule has 6 rings (SSSR count). The lowest BCUT2D eigenvalue weighted by Gasteiger charge is -2.06. The Labute approximate surface area is 284 Å². The molecule has 0 spiro atoms. The Balaban J connectivity index is 1.28. The molecular weight excluding hydrogens is 640 g/mol. The summed E-state index contributed by atoms with van der Waals surface area (Å²) in [5.41, 5.74) is 7.52. The minimum absolute atomic E-state index is 0.0403. The van der Waals surface area contributed by atoms with Crippen molar-refractivity contribution in [3.05, 3.63) is 131 Å². The van der Waals surface area contributed by atoms with Crippen LogP contribution in [0.5, 0.6) is 23.0 Å². The quantitative estimate of drug-likeness (QED) is 0.0763. The highest BCUT2D eigenvalue weighted by Gasteiger charge is 2.16. The molecule has 16 nitrogen and oxygen atoms in total. The Bertz CT molecular complexity index is 2050. The zero-order valence-electron chi connectivity index (χ0n) is 26.2. The predicted molar refractivity (Wildman–Crippen MR) is 188 cm³/mol. The molecule has 2 aromatic heterocycles. The van der Waals surface area contributed by atoms with Gasteiger partial charge in [0.1, 0.15) is 23.0 Å². The number of para-hydroxylation sites is 4. The summed E-state index contributed by atoms with van der Waals surface area (Å²) in [7, 11) is 0. The van der Waals surface area contributed by atoms with E-state index in [4.69, 9.17) is 0 Å². The summed E-state index contributed by atoms with van der Waals surface area (Å²) < 4.78 is 2.85. The van der Waals surface area contributed by atoms with Gasteiger partial charge in [-0.2, -0.15) is 29.8 Å². The molecule has 0 unspecified atom stereocenters. The molecule has 0 saturated carbocycles. The van der Waals surface area contributed by atoms with Crippen LogP contribution in [0.25, 0.3) is 0 Å². The Morgan fingerprint density at radius 2 is 0.780 bits per heavy atom. The lowest BCUT2D eigenvalue weighted by Crippen LogP contribution is -2.08. The van der Waals surface area contributed by atoms with Crippen LogP contribution in [0.15, 0.2) is 117 Å². The topological polar surface area (TPSA) is 216 Å². The fourth-order valence-corrected chi connectivity index (χ4v) is 4.49. The number of phenols is 4. The highest BCUT2D eigenvalue weighted by atomic mass is 16.3. The molecule has 6 N–H and O–H groups in total. The number of nitrogens with one attached hydrogen (secondary N) is 2. The molecule has 0 atom stereocenters. The maximum atomic E-state index is 10.3. The zero-order chi connectivity index (χ0) is 34.7. The normalized spacial score (nSPS) is 11.8. The fourth-order valence-electron chi connectivity index (χ4n) is 4.49. The molecule has 2 heterocycles. The molecular formula is C34H30N12O4. The zero-order valence-corrected chi connectivity index (χ0v) is 26.2. The molecule has 0 bridgehead atoms. The van der Waals surface area contributed by atoms with E-state index in [2.05, 4.69) is 51.7 Å². The third-order valence-electron chi connectivity index (χ3n) is 7.09. The first-order chi connectivity index (χ1) is 24.5. The number of hydrogen-bond acceptors (Lipinski definition) is 14. The highest BCUT2D eigenvalue weighted by Crippen LogP contribution is 2.19. The number of nitrogens with zero attached hydrogens (tertiary/aromatic N) is 10. The van der Waals surface area contributed by atoms with Crippen molar-refractivity contribution in [3.63, 3.8) is 0 Å². The van der Waals surface area contributed by atoms with Gasteiger partial charge >= 0.3 is 0 Å². The molecule has 4 aromatic carbocycles. The van der Waals surface area contributed by atoms with Crippen LogP contribution in [-0.4, -0.2) is 75.0 Å². The number of anilines is 2. The van der Waals surface area contributed by atoms with Gasteiger partial charge in [-0.15, -0.1) is 20.4 Å². The second-order valence-electron chi connectivity index (χ2n) is 10.5. The van der Waals surface area contributed by atoms with Crippen molar-refractivity contribution in [1.29, 1.82) is 0 Å². The Morgan fingerprint density at radius 1 is 0.460 bits per heavy atom. The van der Waals surface area contributed by atoms with Crippen LogP contribution in [-0.2, 0) is 12.8 Å². The van der Waals surface area contributed by atoms with Gasteiger partial charge in [0.2, 0.25) is 0 Å². The molecule has 0 amide bonds. The van der Waals surface area contributed by atoms with Gasteiger partial charge in [-0.05, 0) is 48.5 Å². The van der Waals surface area contributed by atoms with Gasteiger partial charge in [-0.1, -0.05) is 48.5 Å². The third kappa shape index (κ3) is 7.95. The van der Waals surface area contributed by atoms with Gasteiger partial charge in [0, 0.05) is 35.1 Å². The van der Waals surface area contributed by atoms with Crippen molar-refractivity contribution in [2.45, 2.75) is 12.8 Å². The molecule has 0 aliphatic rings. The van der Waals surface area contributed by atoms with E-state index < -0.39 is 0 Å². The van der Waals surface area contributed by atoms with E-state index in [0.717, 1.165) is 0 Å². The van der Waals surface area contributed by atoms with Crippen LogP contribution >= 0.6 is 0 Å². The van der Waals surface area contributed by atoms with Gasteiger partial charge in [-0.25, -0.2) is 10.9 Å². The molecule has 0 aliphatic heterocycles. The largest absolute Gasteiger partial charge is 0.507 e. The van der Waals surface area contributed by atoms with Crippen LogP contribution in [0.3, 0.4) is 0 Å². The second-order valence-corrected chi connectivity index (χ2v) is 10.5. The number of rotatable bonds is 13. The van der Waals surface area contributed by atoms with Gasteiger partial charge in [0.05, 0.1) is 24.9 Å². The van der Waals surface area contributed by atoms with Gasteiger partial charge in [0.15, 0.2) is 11.6 Å². The van der Waals surface area contributed by atoms with E-state index in [9.17, 15) is 20.4 Å². The predicted octanol–water partition coefficient (Wildman–Crippen LogP) is 4.13. The Hall–Kier alpha value is -7.36. The van der Waals surface area contributed by atoms with Gasteiger partial charge in [0.25, 0.3) is 11.9 Å². The van der Waals surface area contributed by atoms with Crippen LogP contribution in [0.1, 0.15) is 33.9 Å². The molecule has 0 saturated heterocycles. The highest BCUT2D eigenvalue weighted by molar-refractivity contribution is 5.85. The third-order valence-corrected chi connectivity index (χ3v) is 7.09. The molecule has 16 heteroatoms. The number of aromatic nitrogens is 6. The summed E-state index contributed by atoms with van der Waals surface area (Å²) in [6, 6.07) is 26.9. The monoisotopic (exact) mass is 670 g/mol. The second kappa shape index (κ2) is 15.5. The number of benzene rings is 4. The number of aromatic hydroxyl groups is 4. The molecule has 250 valence electrons. The van der Waals surface area contributed by atoms with E-state index in [-0.39, 0.29) is 47.7 Å². The summed E-state index contributed by atoms with van der Waals surface area (Å²) in [5.74, 6) is 1.34. The van der Waals surface area contributed by atoms with Crippen molar-refractivity contribution in [1.82, 2.24) is 29.7 Å². The first-order valence-electron chi connectivity index (χ1n) is 15.1. The number of hydrazone groups is 2. The van der Waals surface area contributed by atoms with Crippen LogP contribution in [0.2, 0.25) is 0 Å². The maximum Gasteiger partial charge on any atom is 0.266 e. The van der Waals surface area contributed by atoms with Crippen molar-refractivity contribution < 1.29 is 20.4 Å². The van der Waals surface area contributed by atoms with E-state index >= 15 is 0 Å². The van der Waals surface area contributed by atoms with Crippen molar-refractivity contribution in [2.24, 2.45) is 20.4 Å². The molecule has 50 heavy (non-hydrogen) atoms. The van der Waals surface area contributed by atoms with E-state index in [0.29, 0.717) is 33.9 Å². The van der Waals surface area contributed by atoms with Crippen LogP contribution in [0, 0.1) is 0 Å². The first kappa shape index (κ1) is 32.6. The summed E-state index contributed by atoms with van der Waals surface area (Å²) in [5, 5.41) is 75.1. The smallest absolute Gasteiger partial charge is 0.266 e. The summed E-state index contributed by atoms with van der Waals surface area (Å²) in [6.07, 6.45) is 6.29. The van der Waals surface area contributed by atoms with E-state index in [1.165, 1.54) is 34.2 Å². The van der Waals surface area contributed by atoms with E-state index in [1.807, 2.05) is 0 Å². The van der Waals surface area contributed by atoms with Crippen LogP contribution < -0.4 is 10.9 Å². The van der Waals surface area contributed by atoms with E-state index in [1.54, 1.807) is 97.1 Å². The molecule has 6 aromatic rings. The molecule has 0 fully saturated rings. The number of aryl methyl sites for hydroxylation is 2. The summed E-state index contributed by atoms with van der Waals surface area (Å²) in [4.78, 5) is 0. The average molecular weight is 671 g/mol. The van der Waals surface area contributed by atoms with Crippen molar-refractivity contribution >= 4 is 36.8 Å². The molecule has 0 aliphatic carbocycles. The maximum absolute atomic E-state index is 10.3. The number of hydrogen-bond donors (Lipinski definition) is 6. The minimum Gasteiger partial charge on any atom is -0.507 e. The number of phenolic OH excluding ortho intramolecular Hbond substituents is 4. The standard InChI is InChI=1S/C34H30N12O4/c47-27-13-5-1-9-23(27)19-35-41-33-43-39-31(45(33)37-21-25-11-3-7-15-29(25)49)17-18-32-40-44-34(42-36-20-24-10-2-6-14-28(24)48)46(32)38-22-26-12-4-8-16-30(26)50/h1-16,19-22,47-50H,17-18H2,(H,41,43)(H,42,44)/b35-19+,36-20+,37-21+,38-22+. The fraction of sp³-hybridized carbons (Fsp3) is 0.0588. The van der Waals surface area contributed by atoms with Crippen molar-refractivity contribution in [3.8, 4) is 23.0 Å². The minimum atomic E-state index is 0.0403. The molecule has 0 radical (unpaired) electrons. The SMILES string of the molecule is Oc1ccccc1/C=N/Nc1nnc(CCc2nnc(N/N=C/c3ccccc3O)n2/N=C/c2ccccc2O)n1/N=C/c1ccccc1O. The van der Waals surface area contributed by atoms with Crippen LogP contribution in [0.4, 0.5) is 11.9 Å². The Kier molecular flexibility index (Phi) is 10.1.